The van der Waals surface area contributed by atoms with Gasteiger partial charge in [0.25, 0.3) is 0 Å². The number of hydrogen-bond acceptors (Lipinski definition) is 5. The lowest BCUT2D eigenvalue weighted by Crippen LogP contribution is -2.23. The molecule has 1 unspecified atom stereocenters. The van der Waals surface area contributed by atoms with Gasteiger partial charge in [0.05, 0.1) is 17.0 Å². The van der Waals surface area contributed by atoms with Crippen molar-refractivity contribution in [1.82, 2.24) is 29.7 Å². The Hall–Kier alpha value is -2.45. The Morgan fingerprint density at radius 3 is 2.93 bits per heavy atom. The molecule has 9 heteroatoms. The second kappa shape index (κ2) is 6.61. The molecule has 0 aliphatic carbocycles. The van der Waals surface area contributed by atoms with Gasteiger partial charge in [0.1, 0.15) is 0 Å². The van der Waals surface area contributed by atoms with Crippen LogP contribution in [0, 0.1) is 13.8 Å². The Bertz CT molecular complexity index is 1010. The molecule has 5 heterocycles. The highest BCUT2D eigenvalue weighted by molar-refractivity contribution is 5.95. The molecule has 0 saturated carbocycles. The number of fused-ring (bicyclic) bond motifs is 4. The van der Waals surface area contributed by atoms with Gasteiger partial charge in [-0.1, -0.05) is 0 Å². The molecule has 0 aromatic carbocycles. The van der Waals surface area contributed by atoms with Crippen LogP contribution in [0.5, 0.6) is 0 Å². The zero-order valence-corrected chi connectivity index (χ0v) is 16.1. The molecular weight excluding hydrogens is 366 g/mol. The van der Waals surface area contributed by atoms with Gasteiger partial charge < -0.3 is 10.6 Å². The number of aromatic nitrogens is 5. The van der Waals surface area contributed by atoms with Crippen LogP contribution in [0.2, 0.25) is 0 Å². The Balaban J connectivity index is 0.00000180. The maximum atomic E-state index is 12.3. The second-order valence-electron chi connectivity index (χ2n) is 7.16. The molecule has 1 amide bonds. The fourth-order valence-corrected chi connectivity index (χ4v) is 4.03. The summed E-state index contributed by atoms with van der Waals surface area (Å²) in [5.41, 5.74) is 5.82. The third-order valence-corrected chi connectivity index (χ3v) is 5.20. The summed E-state index contributed by atoms with van der Waals surface area (Å²) in [5.74, 6) is 0.458. The Kier molecular flexibility index (Phi) is 4.39. The number of nitrogens with one attached hydrogen (secondary N) is 2. The average Bonchev–Trinajstić information content (AvgIpc) is 3.09. The summed E-state index contributed by atoms with van der Waals surface area (Å²) in [4.78, 5) is 17.0. The van der Waals surface area contributed by atoms with Crippen LogP contribution < -0.4 is 10.6 Å². The molecule has 0 radical (unpaired) electrons. The van der Waals surface area contributed by atoms with E-state index in [9.17, 15) is 4.79 Å². The first-order valence-corrected chi connectivity index (χ1v) is 9.04. The number of nitrogens with zero attached hydrogens (tertiary/aromatic N) is 5. The normalized spacial score (nSPS) is 19.0. The van der Waals surface area contributed by atoms with Crippen molar-refractivity contribution in [2.24, 2.45) is 0 Å². The van der Waals surface area contributed by atoms with Crippen molar-refractivity contribution in [1.29, 1.82) is 0 Å². The molecule has 2 aliphatic heterocycles. The van der Waals surface area contributed by atoms with E-state index in [0.29, 0.717) is 12.2 Å². The first-order chi connectivity index (χ1) is 12.6. The summed E-state index contributed by atoms with van der Waals surface area (Å²) in [6.45, 7) is 6.70. The van der Waals surface area contributed by atoms with Gasteiger partial charge in [-0.25, -0.2) is 9.50 Å². The van der Waals surface area contributed by atoms with Gasteiger partial charge in [0, 0.05) is 36.8 Å². The lowest BCUT2D eigenvalue weighted by Gasteiger charge is -2.20. The molecule has 8 nitrogen and oxygen atoms in total. The maximum Gasteiger partial charge on any atom is 0.226 e. The van der Waals surface area contributed by atoms with Gasteiger partial charge in [0.2, 0.25) is 5.91 Å². The van der Waals surface area contributed by atoms with Gasteiger partial charge in [-0.3, -0.25) is 9.48 Å². The minimum absolute atomic E-state index is 0. The van der Waals surface area contributed by atoms with Gasteiger partial charge in [-0.2, -0.15) is 5.10 Å². The van der Waals surface area contributed by atoms with E-state index in [2.05, 4.69) is 26.5 Å². The van der Waals surface area contributed by atoms with E-state index in [1.54, 1.807) is 0 Å². The van der Waals surface area contributed by atoms with E-state index in [4.69, 9.17) is 10.1 Å². The van der Waals surface area contributed by atoms with Gasteiger partial charge >= 0.3 is 0 Å². The van der Waals surface area contributed by atoms with Crippen molar-refractivity contribution in [3.8, 4) is 0 Å². The summed E-state index contributed by atoms with van der Waals surface area (Å²) in [6, 6.07) is 4.12. The molecule has 5 rings (SSSR count). The quantitative estimate of drug-likeness (QED) is 0.666. The zero-order valence-electron chi connectivity index (χ0n) is 15.3. The first kappa shape index (κ1) is 17.9. The van der Waals surface area contributed by atoms with Crippen LogP contribution in [-0.4, -0.2) is 36.8 Å². The largest absolute Gasteiger partial charge is 0.311 e. The predicted octanol–water partition coefficient (Wildman–Crippen LogP) is 1.93. The van der Waals surface area contributed by atoms with Crippen molar-refractivity contribution in [3.05, 3.63) is 40.5 Å². The lowest BCUT2D eigenvalue weighted by atomic mass is 9.90. The van der Waals surface area contributed by atoms with E-state index in [-0.39, 0.29) is 24.2 Å². The minimum Gasteiger partial charge on any atom is -0.311 e. The van der Waals surface area contributed by atoms with E-state index >= 15 is 0 Å². The number of halogens is 1. The van der Waals surface area contributed by atoms with E-state index < -0.39 is 0 Å². The molecule has 0 spiro atoms. The number of hydrogen-bond donors (Lipinski definition) is 2. The van der Waals surface area contributed by atoms with Crippen LogP contribution in [-0.2, 0) is 17.9 Å². The van der Waals surface area contributed by atoms with Crippen LogP contribution in [0.1, 0.15) is 47.1 Å². The summed E-state index contributed by atoms with van der Waals surface area (Å²) in [6.07, 6.45) is 1.42. The smallest absolute Gasteiger partial charge is 0.226 e. The highest BCUT2D eigenvalue weighted by atomic mass is 35.5. The topological polar surface area (TPSA) is 89.1 Å². The third kappa shape index (κ3) is 2.89. The van der Waals surface area contributed by atoms with Gasteiger partial charge in [-0.15, -0.1) is 17.5 Å². The average molecular weight is 388 g/mol. The molecule has 2 N–H and O–H groups in total. The number of anilines is 1. The van der Waals surface area contributed by atoms with E-state index in [1.807, 2.05) is 24.4 Å². The summed E-state index contributed by atoms with van der Waals surface area (Å²) in [5, 5.41) is 15.8. The van der Waals surface area contributed by atoms with Gasteiger partial charge in [0.15, 0.2) is 11.5 Å². The molecule has 0 fully saturated rings. The highest BCUT2D eigenvalue weighted by Crippen LogP contribution is 2.39. The van der Waals surface area contributed by atoms with Crippen LogP contribution in [0.15, 0.2) is 12.1 Å². The van der Waals surface area contributed by atoms with Crippen LogP contribution >= 0.6 is 12.4 Å². The Labute approximate surface area is 162 Å². The highest BCUT2D eigenvalue weighted by Gasteiger charge is 2.34. The van der Waals surface area contributed by atoms with Crippen LogP contribution in [0.4, 0.5) is 5.82 Å². The molecule has 27 heavy (non-hydrogen) atoms. The Morgan fingerprint density at radius 2 is 2.07 bits per heavy atom. The molecule has 0 saturated heterocycles. The first-order valence-electron chi connectivity index (χ1n) is 9.04. The molecule has 1 atom stereocenters. The monoisotopic (exact) mass is 387 g/mol. The van der Waals surface area contributed by atoms with Crippen LogP contribution in [0.3, 0.4) is 0 Å². The Morgan fingerprint density at radius 1 is 1.22 bits per heavy atom. The number of carbonyl (C=O) groups excluding carboxylic acids is 1. The van der Waals surface area contributed by atoms with Gasteiger partial charge in [-0.05, 0) is 38.9 Å². The number of amides is 1. The van der Waals surface area contributed by atoms with Crippen molar-refractivity contribution in [2.75, 3.05) is 11.9 Å². The molecule has 2 aliphatic rings. The third-order valence-electron chi connectivity index (χ3n) is 5.20. The molecule has 0 bridgehead atoms. The maximum absolute atomic E-state index is 12.3. The van der Waals surface area contributed by atoms with Crippen LogP contribution in [0.25, 0.3) is 5.65 Å². The molecule has 3 aromatic rings. The molecule has 142 valence electrons. The van der Waals surface area contributed by atoms with Crippen molar-refractivity contribution < 1.29 is 4.79 Å². The second-order valence-corrected chi connectivity index (χ2v) is 7.16. The number of aryl methyl sites for hydroxylation is 3. The van der Waals surface area contributed by atoms with E-state index in [0.717, 1.165) is 54.3 Å². The minimum atomic E-state index is -0.121. The summed E-state index contributed by atoms with van der Waals surface area (Å²) >= 11 is 0. The number of rotatable bonds is 1. The van der Waals surface area contributed by atoms with Crippen molar-refractivity contribution in [2.45, 2.75) is 45.7 Å². The summed E-state index contributed by atoms with van der Waals surface area (Å²) in [7, 11) is 0. The zero-order chi connectivity index (χ0) is 17.8. The predicted molar refractivity (Wildman–Crippen MR) is 103 cm³/mol. The molecule has 3 aromatic heterocycles. The number of carbonyl (C=O) groups is 1. The lowest BCUT2D eigenvalue weighted by molar-refractivity contribution is -0.116. The van der Waals surface area contributed by atoms with E-state index in [1.165, 1.54) is 5.69 Å². The SMILES string of the molecule is Cc1cc(C)n2nc3c(c2n1)C(c1cc2n(n1)CCCNC2)CC(=O)N3.Cl. The standard InChI is InChI=1S/C18H21N7O.ClH/c1-10-6-11(2)25-18(20-10)16-13(8-15(26)21-17(16)23-25)14-7-12-9-19-4-3-5-24(12)22-14;/h6-7,13,19H,3-5,8-9H2,1-2H3,(H,21,23,26);1H. The summed E-state index contributed by atoms with van der Waals surface area (Å²) < 4.78 is 3.88. The van der Waals surface area contributed by atoms with Crippen molar-refractivity contribution in [3.63, 3.8) is 0 Å². The fraction of sp³-hybridized carbons (Fsp3) is 0.444. The van der Waals surface area contributed by atoms with Crippen molar-refractivity contribution >= 4 is 29.8 Å². The molecular formula is C18H22ClN7O. The fourth-order valence-electron chi connectivity index (χ4n) is 4.03.